The number of Topliss-reactive ketones (excluding diaryl/α,β-unsaturated/α-hetero) is 2. The van der Waals surface area contributed by atoms with E-state index in [1.54, 1.807) is 37.6 Å². The van der Waals surface area contributed by atoms with Crippen LogP contribution in [0.25, 0.3) is 10.9 Å². The number of hydrogen-bond acceptors (Lipinski definition) is 2. The summed E-state index contributed by atoms with van der Waals surface area (Å²) in [6.45, 7) is 3.28. The first kappa shape index (κ1) is 26.7. The Hall–Kier alpha value is -2.31. The Labute approximate surface area is 218 Å². The average Bonchev–Trinajstić information content (AvgIpc) is 3.12. The molecule has 8 heteroatoms. The van der Waals surface area contributed by atoms with Crippen LogP contribution in [0.4, 0.5) is 13.2 Å². The molecular weight excluding hydrogens is 510 g/mol. The van der Waals surface area contributed by atoms with Crippen molar-refractivity contribution in [2.45, 2.75) is 58.5 Å². The smallest absolute Gasteiger partial charge is 0.347 e. The van der Waals surface area contributed by atoms with Crippen molar-refractivity contribution in [1.82, 2.24) is 4.57 Å². The van der Waals surface area contributed by atoms with Gasteiger partial charge in [0.15, 0.2) is 5.78 Å². The molecule has 36 heavy (non-hydrogen) atoms. The third-order valence-electron chi connectivity index (χ3n) is 7.54. The molecule has 0 spiro atoms. The average molecular weight is 538 g/mol. The van der Waals surface area contributed by atoms with Crippen LogP contribution in [-0.4, -0.2) is 16.1 Å². The second-order valence-electron chi connectivity index (χ2n) is 9.94. The zero-order valence-corrected chi connectivity index (χ0v) is 21.9. The molecule has 0 atom stereocenters. The first-order valence-corrected chi connectivity index (χ1v) is 12.8. The van der Waals surface area contributed by atoms with Gasteiger partial charge in [-0.2, -0.15) is 13.2 Å². The van der Waals surface area contributed by atoms with Crippen molar-refractivity contribution in [3.63, 3.8) is 0 Å². The van der Waals surface area contributed by atoms with E-state index in [1.807, 2.05) is 6.07 Å². The van der Waals surface area contributed by atoms with Gasteiger partial charge in [-0.15, -0.1) is 0 Å². The number of nitrogens with zero attached hydrogens (tertiary/aromatic N) is 1. The zero-order valence-electron chi connectivity index (χ0n) is 20.4. The molecule has 4 rings (SSSR count). The summed E-state index contributed by atoms with van der Waals surface area (Å²) in [6.07, 6.45) is -0.511. The topological polar surface area (TPSA) is 39.1 Å². The lowest BCUT2D eigenvalue weighted by Crippen LogP contribution is -2.21. The van der Waals surface area contributed by atoms with Gasteiger partial charge in [-0.3, -0.25) is 9.59 Å². The lowest BCUT2D eigenvalue weighted by molar-refractivity contribution is -0.137. The van der Waals surface area contributed by atoms with Gasteiger partial charge in [-0.1, -0.05) is 23.2 Å². The minimum Gasteiger partial charge on any atom is -0.347 e. The highest BCUT2D eigenvalue weighted by Gasteiger charge is 2.32. The van der Waals surface area contributed by atoms with Crippen molar-refractivity contribution >= 4 is 45.7 Å². The summed E-state index contributed by atoms with van der Waals surface area (Å²) >= 11 is 13.2. The number of carbonyl (C=O) groups excluding carboxylic acids is 2. The molecule has 0 N–H and O–H groups in total. The van der Waals surface area contributed by atoms with Gasteiger partial charge in [0.05, 0.1) is 10.6 Å². The molecule has 0 unspecified atom stereocenters. The monoisotopic (exact) mass is 537 g/mol. The third-order valence-corrected chi connectivity index (χ3v) is 8.32. The highest BCUT2D eigenvalue weighted by Crippen LogP contribution is 2.37. The maximum atomic E-state index is 13.3. The van der Waals surface area contributed by atoms with E-state index in [4.69, 9.17) is 23.2 Å². The van der Waals surface area contributed by atoms with E-state index in [-0.39, 0.29) is 34.8 Å². The number of rotatable bonds is 6. The fourth-order valence-corrected chi connectivity index (χ4v) is 5.91. The molecule has 1 heterocycles. The number of benzene rings is 2. The summed E-state index contributed by atoms with van der Waals surface area (Å²) in [5.74, 6) is 0.459. The lowest BCUT2D eigenvalue weighted by atomic mass is 9.78. The van der Waals surface area contributed by atoms with E-state index in [2.05, 4.69) is 0 Å². The normalized spacial score (nSPS) is 18.6. The van der Waals surface area contributed by atoms with Crippen LogP contribution in [0.5, 0.6) is 0 Å². The number of aromatic nitrogens is 1. The van der Waals surface area contributed by atoms with E-state index in [0.29, 0.717) is 33.7 Å². The number of carbonyl (C=O) groups is 2. The van der Waals surface area contributed by atoms with Crippen LogP contribution in [0.15, 0.2) is 30.3 Å². The molecule has 0 aliphatic heterocycles. The van der Waals surface area contributed by atoms with Crippen molar-refractivity contribution in [2.24, 2.45) is 18.9 Å². The van der Waals surface area contributed by atoms with Crippen LogP contribution in [0.1, 0.15) is 71.8 Å². The quantitative estimate of drug-likeness (QED) is 0.296. The van der Waals surface area contributed by atoms with E-state index in [9.17, 15) is 22.8 Å². The Morgan fingerprint density at radius 3 is 2.33 bits per heavy atom. The van der Waals surface area contributed by atoms with Crippen LogP contribution < -0.4 is 0 Å². The second-order valence-corrected chi connectivity index (χ2v) is 10.7. The maximum Gasteiger partial charge on any atom is 0.416 e. The number of aryl methyl sites for hydroxylation is 2. The van der Waals surface area contributed by atoms with Crippen LogP contribution in [-0.2, 0) is 24.4 Å². The number of halogens is 5. The van der Waals surface area contributed by atoms with Gasteiger partial charge in [0.1, 0.15) is 5.78 Å². The summed E-state index contributed by atoms with van der Waals surface area (Å²) in [5.41, 5.74) is 2.02. The van der Waals surface area contributed by atoms with Gasteiger partial charge in [-0.05, 0) is 86.9 Å². The second kappa shape index (κ2) is 10.2. The first-order valence-electron chi connectivity index (χ1n) is 12.0. The molecule has 0 saturated heterocycles. The van der Waals surface area contributed by atoms with Gasteiger partial charge < -0.3 is 4.57 Å². The molecule has 3 aromatic rings. The Balaban J connectivity index is 1.60. The maximum absolute atomic E-state index is 13.3. The van der Waals surface area contributed by atoms with Gasteiger partial charge in [0.2, 0.25) is 0 Å². The number of hydrogen-bond donors (Lipinski definition) is 0. The summed E-state index contributed by atoms with van der Waals surface area (Å²) in [6, 6.07) is 7.43. The zero-order chi connectivity index (χ0) is 26.4. The molecular formula is C28H28Cl2F3NO2. The molecule has 1 saturated carbocycles. The van der Waals surface area contributed by atoms with Gasteiger partial charge in [0, 0.05) is 53.0 Å². The Morgan fingerprint density at radius 2 is 1.72 bits per heavy atom. The SMILES string of the molecule is CC(=O)C1CCC(CC(=O)c2ccc(Cl)c(Cc3cc4c(C)cc(C(F)(F)F)cc4n3C)c2Cl)CC1. The van der Waals surface area contributed by atoms with Crippen molar-refractivity contribution in [1.29, 1.82) is 0 Å². The van der Waals surface area contributed by atoms with Crippen LogP contribution in [0, 0.1) is 18.8 Å². The molecule has 3 nitrogen and oxygen atoms in total. The Bertz CT molecular complexity index is 1340. The number of fused-ring (bicyclic) bond motifs is 1. The molecule has 0 radical (unpaired) electrons. The van der Waals surface area contributed by atoms with E-state index < -0.39 is 11.7 Å². The lowest BCUT2D eigenvalue weighted by Gasteiger charge is -2.26. The van der Waals surface area contributed by atoms with Crippen molar-refractivity contribution in [3.8, 4) is 0 Å². The fourth-order valence-electron chi connectivity index (χ4n) is 5.30. The number of ketones is 2. The third kappa shape index (κ3) is 5.35. The fraction of sp³-hybridized carbons (Fsp3) is 0.429. The molecule has 1 aliphatic carbocycles. The van der Waals surface area contributed by atoms with Crippen molar-refractivity contribution < 1.29 is 22.8 Å². The van der Waals surface area contributed by atoms with Gasteiger partial charge >= 0.3 is 6.18 Å². The van der Waals surface area contributed by atoms with Gasteiger partial charge in [-0.25, -0.2) is 0 Å². The summed E-state index contributed by atoms with van der Waals surface area (Å²) < 4.78 is 41.7. The predicted molar refractivity (Wildman–Crippen MR) is 137 cm³/mol. The number of alkyl halides is 3. The molecule has 0 amide bonds. The standard InChI is InChI=1S/C28H28Cl2F3NO2/c1-15-10-19(28(31,32)33)12-25-22(15)13-20(34(25)3)14-23-24(29)9-8-21(27(23)30)26(36)11-17-4-6-18(7-5-17)16(2)35/h8-10,12-13,17-18H,4-7,11,14H2,1-3H3. The molecule has 1 fully saturated rings. The molecule has 0 bridgehead atoms. The van der Waals surface area contributed by atoms with E-state index in [0.717, 1.165) is 48.9 Å². The van der Waals surface area contributed by atoms with Gasteiger partial charge in [0.25, 0.3) is 0 Å². The van der Waals surface area contributed by atoms with Crippen molar-refractivity contribution in [2.75, 3.05) is 0 Å². The van der Waals surface area contributed by atoms with Crippen LogP contribution in [0.3, 0.4) is 0 Å². The van der Waals surface area contributed by atoms with E-state index in [1.165, 1.54) is 0 Å². The predicted octanol–water partition coefficient (Wildman–Crippen LogP) is 8.37. The first-order chi connectivity index (χ1) is 16.9. The highest BCUT2D eigenvalue weighted by molar-refractivity contribution is 6.38. The minimum atomic E-state index is -4.43. The van der Waals surface area contributed by atoms with Crippen molar-refractivity contribution in [3.05, 3.63) is 68.3 Å². The van der Waals surface area contributed by atoms with E-state index >= 15 is 0 Å². The highest BCUT2D eigenvalue weighted by atomic mass is 35.5. The van der Waals surface area contributed by atoms with Crippen LogP contribution in [0.2, 0.25) is 10.0 Å². The molecule has 1 aliphatic rings. The Morgan fingerprint density at radius 1 is 1.06 bits per heavy atom. The molecule has 1 aromatic heterocycles. The largest absolute Gasteiger partial charge is 0.416 e. The summed E-state index contributed by atoms with van der Waals surface area (Å²) in [5, 5.41) is 1.40. The minimum absolute atomic E-state index is 0.0631. The summed E-state index contributed by atoms with van der Waals surface area (Å²) in [7, 11) is 1.71. The summed E-state index contributed by atoms with van der Waals surface area (Å²) in [4.78, 5) is 24.8. The molecule has 2 aromatic carbocycles. The van der Waals surface area contributed by atoms with Crippen LogP contribution >= 0.6 is 23.2 Å². The Kier molecular flexibility index (Phi) is 7.59. The molecule has 192 valence electrons.